The highest BCUT2D eigenvalue weighted by Gasteiger charge is 2.14. The fraction of sp³-hybridized carbons (Fsp3) is 0.458. The summed E-state index contributed by atoms with van der Waals surface area (Å²) in [6.07, 6.45) is 8.90. The molecule has 0 aliphatic carbocycles. The summed E-state index contributed by atoms with van der Waals surface area (Å²) in [7, 11) is 0. The second kappa shape index (κ2) is 13.0. The Morgan fingerprint density at radius 3 is 2.42 bits per heavy atom. The van der Waals surface area contributed by atoms with E-state index in [1.165, 1.54) is 43.0 Å². The maximum Gasteiger partial charge on any atom is 0.289 e. The monoisotopic (exact) mass is 446 g/mol. The van der Waals surface area contributed by atoms with E-state index in [0.717, 1.165) is 37.7 Å². The van der Waals surface area contributed by atoms with Gasteiger partial charge in [-0.3, -0.25) is 14.9 Å². The Labute approximate surface area is 189 Å². The predicted molar refractivity (Wildman–Crippen MR) is 125 cm³/mol. The number of benzene rings is 2. The third-order valence-corrected chi connectivity index (χ3v) is 5.35. The van der Waals surface area contributed by atoms with Crippen LogP contribution >= 0.6 is 11.6 Å². The number of nitro groups is 1. The van der Waals surface area contributed by atoms with Crippen LogP contribution in [0.3, 0.4) is 0 Å². The van der Waals surface area contributed by atoms with Crippen molar-refractivity contribution in [3.63, 3.8) is 0 Å². The highest BCUT2D eigenvalue weighted by atomic mass is 35.5. The maximum atomic E-state index is 12.3. The number of anilines is 1. The molecule has 0 aromatic heterocycles. The Kier molecular flexibility index (Phi) is 10.3. The third kappa shape index (κ3) is 8.21. The van der Waals surface area contributed by atoms with Crippen LogP contribution in [0.25, 0.3) is 0 Å². The number of hydrogen-bond donors (Lipinski definition) is 1. The molecule has 2 aromatic carbocycles. The summed E-state index contributed by atoms with van der Waals surface area (Å²) in [6, 6.07) is 10.4. The minimum atomic E-state index is -0.584. The van der Waals surface area contributed by atoms with Crippen LogP contribution in [0.2, 0.25) is 5.02 Å². The molecule has 0 heterocycles. The van der Waals surface area contributed by atoms with E-state index in [1.54, 1.807) is 0 Å². The highest BCUT2D eigenvalue weighted by Crippen LogP contribution is 2.27. The molecule has 0 aliphatic rings. The summed E-state index contributed by atoms with van der Waals surface area (Å²) in [4.78, 5) is 22.8. The van der Waals surface area contributed by atoms with Gasteiger partial charge < -0.3 is 10.1 Å². The van der Waals surface area contributed by atoms with Gasteiger partial charge in [0.1, 0.15) is 10.8 Å². The Balaban J connectivity index is 2.02. The molecule has 0 saturated carbocycles. The Morgan fingerprint density at radius 1 is 1.03 bits per heavy atom. The van der Waals surface area contributed by atoms with Crippen LogP contribution in [-0.4, -0.2) is 17.4 Å². The highest BCUT2D eigenvalue weighted by molar-refractivity contribution is 6.32. The molecule has 0 radical (unpaired) electrons. The minimum absolute atomic E-state index is 0.0231. The fourth-order valence-corrected chi connectivity index (χ4v) is 3.53. The Hall–Kier alpha value is -2.60. The Morgan fingerprint density at radius 2 is 1.74 bits per heavy atom. The molecule has 2 aromatic rings. The van der Waals surface area contributed by atoms with Crippen molar-refractivity contribution >= 4 is 28.9 Å². The summed E-state index contributed by atoms with van der Waals surface area (Å²) in [5.74, 6) is 0.329. The largest absolute Gasteiger partial charge is 0.483 e. The summed E-state index contributed by atoms with van der Waals surface area (Å²) in [6.45, 7) is 4.19. The van der Waals surface area contributed by atoms with Gasteiger partial charge in [-0.1, -0.05) is 63.3 Å². The lowest BCUT2D eigenvalue weighted by molar-refractivity contribution is -0.384. The van der Waals surface area contributed by atoms with Gasteiger partial charge in [0.2, 0.25) is 0 Å². The predicted octanol–water partition coefficient (Wildman–Crippen LogP) is 6.73. The average Bonchev–Trinajstić information content (AvgIpc) is 2.74. The van der Waals surface area contributed by atoms with Crippen LogP contribution < -0.4 is 10.1 Å². The number of nitro benzene ring substituents is 1. The second-order valence-electron chi connectivity index (χ2n) is 7.62. The van der Waals surface area contributed by atoms with Gasteiger partial charge in [-0.15, -0.1) is 0 Å². The minimum Gasteiger partial charge on any atom is -0.483 e. The number of carbonyl (C=O) groups excluding carboxylic acids is 1. The number of halogens is 1. The number of hydrogen-bond acceptors (Lipinski definition) is 4. The average molecular weight is 447 g/mol. The van der Waals surface area contributed by atoms with E-state index in [4.69, 9.17) is 16.3 Å². The molecular weight excluding hydrogens is 416 g/mol. The molecule has 0 aliphatic heterocycles. The van der Waals surface area contributed by atoms with E-state index in [9.17, 15) is 14.9 Å². The lowest BCUT2D eigenvalue weighted by atomic mass is 10.0. The van der Waals surface area contributed by atoms with Gasteiger partial charge in [0.25, 0.3) is 11.6 Å². The van der Waals surface area contributed by atoms with Gasteiger partial charge in [-0.25, -0.2) is 0 Å². The van der Waals surface area contributed by atoms with Crippen LogP contribution in [0.4, 0.5) is 11.4 Å². The van der Waals surface area contributed by atoms with Crippen molar-refractivity contribution in [2.45, 2.75) is 65.2 Å². The van der Waals surface area contributed by atoms with E-state index < -0.39 is 4.92 Å². The number of amides is 1. The van der Waals surface area contributed by atoms with Crippen molar-refractivity contribution in [2.75, 3.05) is 11.9 Å². The first-order valence-electron chi connectivity index (χ1n) is 10.9. The van der Waals surface area contributed by atoms with Gasteiger partial charge >= 0.3 is 0 Å². The van der Waals surface area contributed by atoms with Gasteiger partial charge in [0, 0.05) is 11.8 Å². The van der Waals surface area contributed by atoms with Crippen molar-refractivity contribution in [3.05, 3.63) is 62.7 Å². The molecule has 2 rings (SSSR count). The SMILES string of the molecule is CCCCCc1ccc(OCC(=O)Nc2ccc(Cl)c([N+](=O)[O-])c2)c(CCCCC)c1. The molecular formula is C24H31ClN2O4. The van der Waals surface area contributed by atoms with Gasteiger partial charge in [-0.05, 0) is 55.0 Å². The first-order valence-corrected chi connectivity index (χ1v) is 11.3. The lowest BCUT2D eigenvalue weighted by Crippen LogP contribution is -2.20. The molecule has 0 unspecified atom stereocenters. The summed E-state index contributed by atoms with van der Waals surface area (Å²) in [5.41, 5.74) is 2.47. The number of ether oxygens (including phenoxy) is 1. The van der Waals surface area contributed by atoms with Gasteiger partial charge in [0.05, 0.1) is 4.92 Å². The maximum absolute atomic E-state index is 12.3. The number of unbranched alkanes of at least 4 members (excludes halogenated alkanes) is 4. The van der Waals surface area contributed by atoms with Crippen LogP contribution in [0.5, 0.6) is 5.75 Å². The molecule has 1 amide bonds. The van der Waals surface area contributed by atoms with Crippen molar-refractivity contribution in [1.29, 1.82) is 0 Å². The fourth-order valence-electron chi connectivity index (χ4n) is 3.34. The van der Waals surface area contributed by atoms with Gasteiger partial charge in [-0.2, -0.15) is 0 Å². The van der Waals surface area contributed by atoms with Crippen molar-refractivity contribution < 1.29 is 14.5 Å². The smallest absolute Gasteiger partial charge is 0.289 e. The second-order valence-corrected chi connectivity index (χ2v) is 8.02. The zero-order valence-corrected chi connectivity index (χ0v) is 19.0. The van der Waals surface area contributed by atoms with Crippen LogP contribution in [0.15, 0.2) is 36.4 Å². The molecule has 1 N–H and O–H groups in total. The zero-order chi connectivity index (χ0) is 22.6. The van der Waals surface area contributed by atoms with E-state index in [1.807, 2.05) is 6.07 Å². The molecule has 0 fully saturated rings. The number of nitrogens with zero attached hydrogens (tertiary/aromatic N) is 1. The first kappa shape index (κ1) is 24.7. The quantitative estimate of drug-likeness (QED) is 0.210. The lowest BCUT2D eigenvalue weighted by Gasteiger charge is -2.14. The van der Waals surface area contributed by atoms with Crippen LogP contribution in [0.1, 0.15) is 63.5 Å². The number of rotatable bonds is 13. The molecule has 0 atom stereocenters. The van der Waals surface area contributed by atoms with Crippen LogP contribution in [-0.2, 0) is 17.6 Å². The Bertz CT molecular complexity index is 886. The van der Waals surface area contributed by atoms with Crippen molar-refractivity contribution in [3.8, 4) is 5.75 Å². The van der Waals surface area contributed by atoms with E-state index in [0.29, 0.717) is 11.4 Å². The molecule has 31 heavy (non-hydrogen) atoms. The number of carbonyl (C=O) groups is 1. The van der Waals surface area contributed by atoms with E-state index in [2.05, 4.69) is 31.3 Å². The summed E-state index contributed by atoms with van der Waals surface area (Å²) < 4.78 is 5.81. The molecule has 0 saturated heterocycles. The van der Waals surface area contributed by atoms with E-state index in [-0.39, 0.29) is 23.2 Å². The normalized spacial score (nSPS) is 10.7. The number of aryl methyl sites for hydroxylation is 2. The third-order valence-electron chi connectivity index (χ3n) is 5.03. The first-order chi connectivity index (χ1) is 14.9. The van der Waals surface area contributed by atoms with Crippen molar-refractivity contribution in [2.24, 2.45) is 0 Å². The molecule has 6 nitrogen and oxygen atoms in total. The number of nitrogens with one attached hydrogen (secondary N) is 1. The van der Waals surface area contributed by atoms with Gasteiger partial charge in [0.15, 0.2) is 6.61 Å². The zero-order valence-electron chi connectivity index (χ0n) is 18.3. The molecule has 0 bridgehead atoms. The summed E-state index contributed by atoms with van der Waals surface area (Å²) in [5, 5.41) is 13.7. The molecule has 7 heteroatoms. The van der Waals surface area contributed by atoms with Crippen molar-refractivity contribution in [1.82, 2.24) is 0 Å². The topological polar surface area (TPSA) is 81.5 Å². The molecule has 168 valence electrons. The summed E-state index contributed by atoms with van der Waals surface area (Å²) >= 11 is 5.81. The van der Waals surface area contributed by atoms with Crippen LogP contribution in [0, 0.1) is 10.1 Å². The van der Waals surface area contributed by atoms with E-state index >= 15 is 0 Å². The standard InChI is InChI=1S/C24H31ClN2O4/c1-3-5-7-9-18-11-14-23(19(15-18)10-8-6-4-2)31-17-24(28)26-20-12-13-21(25)22(16-20)27(29)30/h11-16H,3-10,17H2,1-2H3,(H,26,28). The molecule has 0 spiro atoms.